The number of pyridine rings is 1. The van der Waals surface area contributed by atoms with Gasteiger partial charge in [-0.25, -0.2) is 13.4 Å². The number of anilines is 2. The van der Waals surface area contributed by atoms with Gasteiger partial charge in [-0.05, 0) is 43.2 Å². The van der Waals surface area contributed by atoms with Gasteiger partial charge in [-0.3, -0.25) is 9.59 Å². The van der Waals surface area contributed by atoms with Gasteiger partial charge in [0.05, 0.1) is 31.9 Å². The standard InChI is InChI=1S/C23H20Cl3N3O5S/c1-3-20(35(33,34)14-6-4-5-12(2)7-14)23(32)28-17-10-19(30)18(9-15(17)24)29-22(31)13-8-16(25)21(26)27-11-13/h4-11,20,30H,3H2,1-2H3,(H,28,32)(H,29,31). The van der Waals surface area contributed by atoms with E-state index in [1.165, 1.54) is 30.5 Å². The quantitative estimate of drug-likeness (QED) is 0.261. The molecule has 3 rings (SSSR count). The first kappa shape index (κ1) is 26.7. The Bertz CT molecular complexity index is 1410. The van der Waals surface area contributed by atoms with Crippen LogP contribution >= 0.6 is 34.8 Å². The summed E-state index contributed by atoms with van der Waals surface area (Å²) >= 11 is 17.9. The van der Waals surface area contributed by atoms with Gasteiger partial charge >= 0.3 is 0 Å². The fourth-order valence-corrected chi connectivity index (χ4v) is 5.42. The van der Waals surface area contributed by atoms with Crippen LogP contribution in [-0.4, -0.2) is 35.6 Å². The summed E-state index contributed by atoms with van der Waals surface area (Å²) in [6.45, 7) is 3.33. The Labute approximate surface area is 217 Å². The average Bonchev–Trinajstić information content (AvgIpc) is 2.79. The second-order valence-corrected chi connectivity index (χ2v) is 10.9. The zero-order valence-electron chi connectivity index (χ0n) is 18.5. The molecule has 2 amide bonds. The molecular weight excluding hydrogens is 537 g/mol. The molecule has 184 valence electrons. The van der Waals surface area contributed by atoms with Crippen molar-refractivity contribution in [2.75, 3.05) is 10.6 Å². The number of aromatic hydroxyl groups is 1. The second kappa shape index (κ2) is 10.8. The number of carbonyl (C=O) groups is 2. The third-order valence-electron chi connectivity index (χ3n) is 5.01. The van der Waals surface area contributed by atoms with Crippen molar-refractivity contribution >= 4 is 67.8 Å². The number of hydrogen-bond acceptors (Lipinski definition) is 6. The summed E-state index contributed by atoms with van der Waals surface area (Å²) in [7, 11) is -3.98. The molecule has 1 heterocycles. The van der Waals surface area contributed by atoms with E-state index in [2.05, 4.69) is 15.6 Å². The van der Waals surface area contributed by atoms with E-state index in [1.807, 2.05) is 0 Å². The molecule has 8 nitrogen and oxygen atoms in total. The van der Waals surface area contributed by atoms with Crippen LogP contribution in [0.15, 0.2) is 53.6 Å². The third kappa shape index (κ3) is 6.05. The molecule has 0 saturated carbocycles. The maximum absolute atomic E-state index is 13.0. The lowest BCUT2D eigenvalue weighted by Gasteiger charge is -2.18. The number of nitrogens with one attached hydrogen (secondary N) is 2. The van der Waals surface area contributed by atoms with E-state index < -0.39 is 32.7 Å². The van der Waals surface area contributed by atoms with Crippen LogP contribution in [0.1, 0.15) is 29.3 Å². The first-order chi connectivity index (χ1) is 16.4. The molecule has 0 bridgehead atoms. The molecule has 0 spiro atoms. The molecule has 3 N–H and O–H groups in total. The largest absolute Gasteiger partial charge is 0.506 e. The van der Waals surface area contributed by atoms with Crippen LogP contribution in [0.2, 0.25) is 15.2 Å². The van der Waals surface area contributed by atoms with E-state index in [-0.39, 0.29) is 43.5 Å². The fourth-order valence-electron chi connectivity index (χ4n) is 3.21. The van der Waals surface area contributed by atoms with E-state index in [0.29, 0.717) is 0 Å². The lowest BCUT2D eigenvalue weighted by Crippen LogP contribution is -2.34. The predicted molar refractivity (Wildman–Crippen MR) is 136 cm³/mol. The highest BCUT2D eigenvalue weighted by Gasteiger charge is 2.33. The number of phenolic OH excluding ortho intramolecular Hbond substituents is 1. The molecule has 0 radical (unpaired) electrons. The van der Waals surface area contributed by atoms with Crippen LogP contribution in [0, 0.1) is 6.92 Å². The number of carbonyl (C=O) groups excluding carboxylic acids is 2. The van der Waals surface area contributed by atoms with Crippen molar-refractivity contribution in [3.63, 3.8) is 0 Å². The smallest absolute Gasteiger partial charge is 0.257 e. The SMILES string of the molecule is CCC(C(=O)Nc1cc(O)c(NC(=O)c2cnc(Cl)c(Cl)c2)cc1Cl)S(=O)(=O)c1cccc(C)c1. The maximum atomic E-state index is 13.0. The molecule has 1 unspecified atom stereocenters. The summed E-state index contributed by atoms with van der Waals surface area (Å²) in [5.41, 5.74) is 0.743. The summed E-state index contributed by atoms with van der Waals surface area (Å²) in [4.78, 5) is 29.2. The van der Waals surface area contributed by atoms with Crippen LogP contribution in [-0.2, 0) is 14.6 Å². The van der Waals surface area contributed by atoms with Crippen molar-refractivity contribution < 1.29 is 23.1 Å². The summed E-state index contributed by atoms with van der Waals surface area (Å²) < 4.78 is 26.1. The number of aryl methyl sites for hydroxylation is 1. The fraction of sp³-hybridized carbons (Fsp3) is 0.174. The monoisotopic (exact) mass is 555 g/mol. The van der Waals surface area contributed by atoms with E-state index in [9.17, 15) is 23.1 Å². The van der Waals surface area contributed by atoms with Gasteiger partial charge in [0.25, 0.3) is 5.91 Å². The second-order valence-electron chi connectivity index (χ2n) is 7.55. The summed E-state index contributed by atoms with van der Waals surface area (Å²) in [6, 6.07) is 9.89. The highest BCUT2D eigenvalue weighted by Crippen LogP contribution is 2.35. The molecule has 0 aliphatic rings. The Kier molecular flexibility index (Phi) is 8.27. The van der Waals surface area contributed by atoms with E-state index in [0.717, 1.165) is 11.6 Å². The first-order valence-corrected chi connectivity index (χ1v) is 12.9. The lowest BCUT2D eigenvalue weighted by atomic mass is 10.2. The number of hydrogen-bond donors (Lipinski definition) is 3. The zero-order chi connectivity index (χ0) is 25.9. The summed E-state index contributed by atoms with van der Waals surface area (Å²) in [6.07, 6.45) is 1.22. The van der Waals surface area contributed by atoms with Crippen LogP contribution in [0.5, 0.6) is 5.75 Å². The topological polar surface area (TPSA) is 125 Å². The van der Waals surface area contributed by atoms with Crippen molar-refractivity contribution in [2.45, 2.75) is 30.4 Å². The number of rotatable bonds is 7. The van der Waals surface area contributed by atoms with Crippen LogP contribution < -0.4 is 10.6 Å². The van der Waals surface area contributed by atoms with Gasteiger partial charge in [-0.1, -0.05) is 53.9 Å². The molecule has 12 heteroatoms. The molecule has 2 aromatic carbocycles. The van der Waals surface area contributed by atoms with Gasteiger partial charge in [0.15, 0.2) is 9.84 Å². The van der Waals surface area contributed by atoms with Gasteiger partial charge in [0.2, 0.25) is 5.91 Å². The van der Waals surface area contributed by atoms with Gasteiger partial charge in [-0.2, -0.15) is 0 Å². The van der Waals surface area contributed by atoms with Gasteiger partial charge in [-0.15, -0.1) is 0 Å². The number of amides is 2. The number of phenols is 1. The van der Waals surface area contributed by atoms with Crippen molar-refractivity contribution in [3.8, 4) is 5.75 Å². The molecule has 0 saturated heterocycles. The van der Waals surface area contributed by atoms with E-state index >= 15 is 0 Å². The van der Waals surface area contributed by atoms with Gasteiger partial charge < -0.3 is 15.7 Å². The predicted octanol–water partition coefficient (Wildman–Crippen LogP) is 5.50. The molecule has 1 atom stereocenters. The summed E-state index contributed by atoms with van der Waals surface area (Å²) in [5, 5.41) is 14.0. The molecule has 35 heavy (non-hydrogen) atoms. The van der Waals surface area contributed by atoms with Crippen LogP contribution in [0.4, 0.5) is 11.4 Å². The van der Waals surface area contributed by atoms with Crippen LogP contribution in [0.25, 0.3) is 0 Å². The van der Waals surface area contributed by atoms with Crippen molar-refractivity contribution in [1.82, 2.24) is 4.98 Å². The molecular formula is C23H20Cl3N3O5S. The lowest BCUT2D eigenvalue weighted by molar-refractivity contribution is -0.115. The third-order valence-corrected chi connectivity index (χ3v) is 8.21. The number of sulfone groups is 1. The van der Waals surface area contributed by atoms with Gasteiger partial charge in [0.1, 0.15) is 16.2 Å². The first-order valence-electron chi connectivity index (χ1n) is 10.2. The average molecular weight is 557 g/mol. The number of aromatic nitrogens is 1. The molecule has 1 aromatic heterocycles. The highest BCUT2D eigenvalue weighted by atomic mass is 35.5. The highest BCUT2D eigenvalue weighted by molar-refractivity contribution is 7.92. The zero-order valence-corrected chi connectivity index (χ0v) is 21.6. The number of benzene rings is 2. The normalized spacial score (nSPS) is 12.1. The Morgan fingerprint density at radius 2 is 1.74 bits per heavy atom. The minimum absolute atomic E-state index is 0.0114. The molecule has 0 fully saturated rings. The van der Waals surface area contributed by atoms with Crippen molar-refractivity contribution in [1.29, 1.82) is 0 Å². The number of halogens is 3. The maximum Gasteiger partial charge on any atom is 0.257 e. The molecule has 0 aliphatic heterocycles. The van der Waals surface area contributed by atoms with Crippen LogP contribution in [0.3, 0.4) is 0 Å². The minimum atomic E-state index is -3.98. The van der Waals surface area contributed by atoms with Gasteiger partial charge in [0, 0.05) is 12.3 Å². The summed E-state index contributed by atoms with van der Waals surface area (Å²) in [5.74, 6) is -1.87. The van der Waals surface area contributed by atoms with E-state index in [4.69, 9.17) is 34.8 Å². The van der Waals surface area contributed by atoms with Crippen molar-refractivity contribution in [3.05, 3.63) is 75.0 Å². The molecule has 3 aromatic rings. The Morgan fingerprint density at radius 1 is 1.03 bits per heavy atom. The Morgan fingerprint density at radius 3 is 2.37 bits per heavy atom. The van der Waals surface area contributed by atoms with E-state index in [1.54, 1.807) is 26.0 Å². The number of nitrogens with zero attached hydrogens (tertiary/aromatic N) is 1. The Hall–Kier alpha value is -2.85. The van der Waals surface area contributed by atoms with Crippen molar-refractivity contribution in [2.24, 2.45) is 0 Å². The minimum Gasteiger partial charge on any atom is -0.506 e. The Balaban J connectivity index is 1.81. The molecule has 0 aliphatic carbocycles.